The van der Waals surface area contributed by atoms with Crippen molar-refractivity contribution in [2.75, 3.05) is 19.4 Å². The molecule has 0 amide bonds. The maximum absolute atomic E-state index is 12.1. The zero-order valence-corrected chi connectivity index (χ0v) is 11.3. The fourth-order valence-corrected chi connectivity index (χ4v) is 2.89. The van der Waals surface area contributed by atoms with Crippen molar-refractivity contribution in [3.8, 4) is 5.75 Å². The molecule has 8 heteroatoms. The van der Waals surface area contributed by atoms with E-state index in [4.69, 9.17) is 4.74 Å². The normalized spacial score (nSPS) is 24.2. The van der Waals surface area contributed by atoms with Gasteiger partial charge in [-0.2, -0.15) is 5.10 Å². The van der Waals surface area contributed by atoms with E-state index < -0.39 is 10.0 Å². The van der Waals surface area contributed by atoms with Crippen molar-refractivity contribution < 1.29 is 13.2 Å². The summed E-state index contributed by atoms with van der Waals surface area (Å²) in [5.74, 6) is 0.513. The molecular formula is C11H14N4O3S. The molecule has 1 aromatic carbocycles. The number of anilines is 1. The van der Waals surface area contributed by atoms with Gasteiger partial charge >= 0.3 is 0 Å². The van der Waals surface area contributed by atoms with Gasteiger partial charge in [-0.05, 0) is 12.1 Å². The Labute approximate surface area is 111 Å². The smallest absolute Gasteiger partial charge is 0.242 e. The molecule has 0 saturated heterocycles. The SMILES string of the molecule is CN(C)S(=O)(=O)c1ccc2c(c1)O[C@H]1C=NN[C@H]1N2. The Bertz CT molecular complexity index is 641. The Morgan fingerprint density at radius 1 is 1.37 bits per heavy atom. The Morgan fingerprint density at radius 3 is 2.89 bits per heavy atom. The Balaban J connectivity index is 1.99. The van der Waals surface area contributed by atoms with Crippen molar-refractivity contribution in [2.24, 2.45) is 5.10 Å². The molecule has 19 heavy (non-hydrogen) atoms. The van der Waals surface area contributed by atoms with Crippen LogP contribution in [0, 0.1) is 0 Å². The largest absolute Gasteiger partial charge is 0.478 e. The van der Waals surface area contributed by atoms with Crippen LogP contribution in [0.15, 0.2) is 28.2 Å². The lowest BCUT2D eigenvalue weighted by molar-refractivity contribution is 0.232. The van der Waals surface area contributed by atoms with Gasteiger partial charge in [-0.25, -0.2) is 12.7 Å². The molecule has 0 aromatic heterocycles. The summed E-state index contributed by atoms with van der Waals surface area (Å²) in [7, 11) is -0.461. The van der Waals surface area contributed by atoms with Crippen LogP contribution in [0.3, 0.4) is 0 Å². The topological polar surface area (TPSA) is 83.0 Å². The Morgan fingerprint density at radius 2 is 2.16 bits per heavy atom. The van der Waals surface area contributed by atoms with Gasteiger partial charge in [-0.1, -0.05) is 0 Å². The molecule has 3 rings (SSSR count). The van der Waals surface area contributed by atoms with Gasteiger partial charge in [0, 0.05) is 20.2 Å². The van der Waals surface area contributed by atoms with E-state index in [-0.39, 0.29) is 17.2 Å². The number of rotatable bonds is 2. The molecule has 2 heterocycles. The maximum atomic E-state index is 12.1. The van der Waals surface area contributed by atoms with Crippen LogP contribution in [0.1, 0.15) is 0 Å². The highest BCUT2D eigenvalue weighted by Crippen LogP contribution is 2.34. The van der Waals surface area contributed by atoms with E-state index >= 15 is 0 Å². The highest BCUT2D eigenvalue weighted by molar-refractivity contribution is 7.89. The minimum Gasteiger partial charge on any atom is -0.478 e. The van der Waals surface area contributed by atoms with Gasteiger partial charge in [0.1, 0.15) is 5.75 Å². The molecule has 7 nitrogen and oxygen atoms in total. The van der Waals surface area contributed by atoms with Crippen LogP contribution in [0.5, 0.6) is 5.75 Å². The predicted octanol–water partition coefficient (Wildman–Crippen LogP) is 0.0249. The number of hydrogen-bond donors (Lipinski definition) is 2. The van der Waals surface area contributed by atoms with E-state index in [0.29, 0.717) is 5.75 Å². The van der Waals surface area contributed by atoms with Gasteiger partial charge in [0.2, 0.25) is 10.0 Å². The number of hydrazone groups is 1. The lowest BCUT2D eigenvalue weighted by Gasteiger charge is -2.29. The van der Waals surface area contributed by atoms with Gasteiger partial charge in [0.25, 0.3) is 0 Å². The van der Waals surface area contributed by atoms with Crippen molar-refractivity contribution in [1.29, 1.82) is 0 Å². The van der Waals surface area contributed by atoms with Crippen LogP contribution in [-0.4, -0.2) is 45.3 Å². The van der Waals surface area contributed by atoms with E-state index in [1.165, 1.54) is 24.5 Å². The minimum absolute atomic E-state index is 0.108. The second-order valence-corrected chi connectivity index (χ2v) is 6.71. The van der Waals surface area contributed by atoms with Crippen molar-refractivity contribution in [2.45, 2.75) is 17.2 Å². The molecule has 2 aliphatic rings. The summed E-state index contributed by atoms with van der Waals surface area (Å²) in [5, 5.41) is 7.12. The molecule has 0 bridgehead atoms. The fraction of sp³-hybridized carbons (Fsp3) is 0.364. The summed E-state index contributed by atoms with van der Waals surface area (Å²) < 4.78 is 31.0. The van der Waals surface area contributed by atoms with Crippen molar-refractivity contribution in [1.82, 2.24) is 9.73 Å². The van der Waals surface area contributed by atoms with Crippen molar-refractivity contribution in [3.05, 3.63) is 18.2 Å². The molecule has 102 valence electrons. The van der Waals surface area contributed by atoms with E-state index in [2.05, 4.69) is 15.8 Å². The van der Waals surface area contributed by atoms with Crippen molar-refractivity contribution in [3.63, 3.8) is 0 Å². The summed E-state index contributed by atoms with van der Waals surface area (Å²) >= 11 is 0. The molecular weight excluding hydrogens is 268 g/mol. The van der Waals surface area contributed by atoms with E-state index in [9.17, 15) is 8.42 Å². The molecule has 1 aromatic rings. The van der Waals surface area contributed by atoms with Gasteiger partial charge in [0.05, 0.1) is 16.8 Å². The highest BCUT2D eigenvalue weighted by Gasteiger charge is 2.32. The fourth-order valence-electron chi connectivity index (χ4n) is 1.97. The quantitative estimate of drug-likeness (QED) is 0.799. The summed E-state index contributed by atoms with van der Waals surface area (Å²) in [6, 6.07) is 4.78. The van der Waals surface area contributed by atoms with E-state index in [1.807, 2.05) is 0 Å². The van der Waals surface area contributed by atoms with Crippen LogP contribution in [0.25, 0.3) is 0 Å². The molecule has 0 saturated carbocycles. The molecule has 0 spiro atoms. The Kier molecular flexibility index (Phi) is 2.64. The summed E-state index contributed by atoms with van der Waals surface area (Å²) in [6.45, 7) is 0. The van der Waals surface area contributed by atoms with E-state index in [1.54, 1.807) is 18.3 Å². The minimum atomic E-state index is -3.46. The molecule has 0 radical (unpaired) electrons. The zero-order chi connectivity index (χ0) is 13.6. The maximum Gasteiger partial charge on any atom is 0.242 e. The second-order valence-electron chi connectivity index (χ2n) is 4.56. The molecule has 0 fully saturated rings. The number of nitrogens with zero attached hydrogens (tertiary/aromatic N) is 2. The highest BCUT2D eigenvalue weighted by atomic mass is 32.2. The number of hydrogen-bond acceptors (Lipinski definition) is 6. The first-order valence-electron chi connectivity index (χ1n) is 5.77. The predicted molar refractivity (Wildman–Crippen MR) is 70.8 cm³/mol. The third-order valence-electron chi connectivity index (χ3n) is 3.07. The summed E-state index contributed by atoms with van der Waals surface area (Å²) in [6.07, 6.45) is 1.31. The van der Waals surface area contributed by atoms with Crippen LogP contribution in [-0.2, 0) is 10.0 Å². The Hall–Kier alpha value is -1.80. The first-order chi connectivity index (χ1) is 8.98. The molecule has 2 aliphatic heterocycles. The number of nitrogens with one attached hydrogen (secondary N) is 2. The molecule has 0 unspecified atom stereocenters. The lowest BCUT2D eigenvalue weighted by Crippen LogP contribution is -2.45. The first kappa shape index (κ1) is 12.2. The summed E-state index contributed by atoms with van der Waals surface area (Å²) in [5.41, 5.74) is 3.62. The number of benzene rings is 1. The number of sulfonamides is 1. The summed E-state index contributed by atoms with van der Waals surface area (Å²) in [4.78, 5) is 0.208. The van der Waals surface area contributed by atoms with Gasteiger partial charge < -0.3 is 10.1 Å². The average molecular weight is 282 g/mol. The number of ether oxygens (including phenoxy) is 1. The lowest BCUT2D eigenvalue weighted by atomic mass is 10.2. The van der Waals surface area contributed by atoms with Gasteiger partial charge in [0.15, 0.2) is 12.3 Å². The standard InChI is InChI=1S/C11H14N4O3S/c1-15(2)19(16,17)7-3-4-8-9(5-7)18-10-6-12-14-11(10)13-8/h3-6,10-11,13-14H,1-2H3/t10-,11+/m0/s1. The average Bonchev–Trinajstić information content (AvgIpc) is 2.82. The van der Waals surface area contributed by atoms with Crippen LogP contribution in [0.2, 0.25) is 0 Å². The first-order valence-corrected chi connectivity index (χ1v) is 7.21. The van der Waals surface area contributed by atoms with Crippen LogP contribution >= 0.6 is 0 Å². The zero-order valence-electron chi connectivity index (χ0n) is 10.5. The van der Waals surface area contributed by atoms with E-state index in [0.717, 1.165) is 5.69 Å². The molecule has 0 aliphatic carbocycles. The molecule has 2 N–H and O–H groups in total. The molecule has 2 atom stereocenters. The monoisotopic (exact) mass is 282 g/mol. The van der Waals surface area contributed by atoms with Crippen LogP contribution < -0.4 is 15.5 Å². The van der Waals surface area contributed by atoms with Crippen LogP contribution in [0.4, 0.5) is 5.69 Å². The van der Waals surface area contributed by atoms with Gasteiger partial charge in [-0.15, -0.1) is 0 Å². The second kappa shape index (κ2) is 4.10. The van der Waals surface area contributed by atoms with Crippen molar-refractivity contribution >= 4 is 21.9 Å². The third-order valence-corrected chi connectivity index (χ3v) is 4.88. The number of fused-ring (bicyclic) bond motifs is 2. The van der Waals surface area contributed by atoms with Gasteiger partial charge in [-0.3, -0.25) is 5.43 Å². The third kappa shape index (κ3) is 1.92.